The number of benzene rings is 2. The van der Waals surface area contributed by atoms with E-state index < -0.39 is 11.5 Å². The van der Waals surface area contributed by atoms with Gasteiger partial charge in [-0.2, -0.15) is 0 Å². The van der Waals surface area contributed by atoms with Crippen molar-refractivity contribution < 1.29 is 14.3 Å². The highest BCUT2D eigenvalue weighted by atomic mass is 35.5. The van der Waals surface area contributed by atoms with Gasteiger partial charge < -0.3 is 15.2 Å². The van der Waals surface area contributed by atoms with E-state index in [-0.39, 0.29) is 18.4 Å². The van der Waals surface area contributed by atoms with E-state index >= 15 is 0 Å². The number of hydrogen-bond acceptors (Lipinski definition) is 4. The molecule has 0 aliphatic heterocycles. The van der Waals surface area contributed by atoms with Crippen molar-refractivity contribution in [3.8, 4) is 5.75 Å². The van der Waals surface area contributed by atoms with Crippen molar-refractivity contribution in [1.29, 1.82) is 0 Å². The first kappa shape index (κ1) is 18.3. The van der Waals surface area contributed by atoms with E-state index in [4.69, 9.17) is 15.2 Å². The van der Waals surface area contributed by atoms with Crippen molar-refractivity contribution in [3.63, 3.8) is 0 Å². The van der Waals surface area contributed by atoms with Crippen molar-refractivity contribution in [1.82, 2.24) is 0 Å². The summed E-state index contributed by atoms with van der Waals surface area (Å²) in [6.45, 7) is 3.59. The van der Waals surface area contributed by atoms with Crippen LogP contribution in [0.15, 0.2) is 36.4 Å². The molecule has 2 rings (SSSR count). The smallest absolute Gasteiger partial charge is 0.313 e. The number of hydrogen-bond donors (Lipinski definition) is 1. The predicted octanol–water partition coefficient (Wildman–Crippen LogP) is 3.47. The van der Waals surface area contributed by atoms with Crippen LogP contribution in [-0.4, -0.2) is 20.2 Å². The van der Waals surface area contributed by atoms with Gasteiger partial charge in [0.15, 0.2) is 0 Å². The van der Waals surface area contributed by atoms with Crippen LogP contribution in [0.4, 0.5) is 0 Å². The minimum atomic E-state index is -0.813. The van der Waals surface area contributed by atoms with E-state index in [1.54, 1.807) is 21.0 Å². The second-order valence-corrected chi connectivity index (χ2v) is 5.59. The maximum atomic E-state index is 12.0. The van der Waals surface area contributed by atoms with Gasteiger partial charge in [-0.15, -0.1) is 12.4 Å². The van der Waals surface area contributed by atoms with Crippen molar-refractivity contribution in [2.24, 2.45) is 11.1 Å². The number of rotatable bonds is 4. The third-order valence-corrected chi connectivity index (χ3v) is 3.96. The van der Waals surface area contributed by atoms with Crippen LogP contribution in [0.3, 0.4) is 0 Å². The summed E-state index contributed by atoms with van der Waals surface area (Å²) in [4.78, 5) is 12.0. The van der Waals surface area contributed by atoms with E-state index in [1.165, 1.54) is 7.11 Å². The largest absolute Gasteiger partial charge is 0.496 e. The molecule has 0 saturated heterocycles. The first-order valence-corrected chi connectivity index (χ1v) is 6.83. The molecular weight excluding hydrogens is 302 g/mol. The van der Waals surface area contributed by atoms with Gasteiger partial charge in [0.1, 0.15) is 5.75 Å². The minimum Gasteiger partial charge on any atom is -0.496 e. The molecule has 0 aliphatic carbocycles. The molecule has 0 radical (unpaired) electrons. The monoisotopic (exact) mass is 323 g/mol. The number of halogens is 1. The lowest BCUT2D eigenvalue weighted by atomic mass is 9.79. The van der Waals surface area contributed by atoms with Crippen molar-refractivity contribution in [3.05, 3.63) is 42.0 Å². The number of esters is 1. The molecule has 5 heteroatoms. The number of nitrogens with two attached hydrogens (primary N) is 1. The minimum absolute atomic E-state index is 0. The van der Waals surface area contributed by atoms with E-state index in [9.17, 15) is 4.79 Å². The topological polar surface area (TPSA) is 61.5 Å². The van der Waals surface area contributed by atoms with Crippen LogP contribution in [0.1, 0.15) is 25.5 Å². The first-order chi connectivity index (χ1) is 9.93. The molecule has 0 saturated carbocycles. The van der Waals surface area contributed by atoms with Crippen LogP contribution < -0.4 is 10.5 Å². The highest BCUT2D eigenvalue weighted by Crippen LogP contribution is 2.38. The van der Waals surface area contributed by atoms with E-state index in [0.29, 0.717) is 0 Å². The van der Waals surface area contributed by atoms with Crippen LogP contribution in [-0.2, 0) is 9.53 Å². The van der Waals surface area contributed by atoms with Crippen LogP contribution in [0.25, 0.3) is 10.8 Å². The number of methoxy groups -OCH3 is 2. The summed E-state index contributed by atoms with van der Waals surface area (Å²) in [6, 6.07) is 11.2. The zero-order valence-electron chi connectivity index (χ0n) is 13.3. The zero-order chi connectivity index (χ0) is 15.6. The van der Waals surface area contributed by atoms with Gasteiger partial charge in [-0.3, -0.25) is 4.79 Å². The quantitative estimate of drug-likeness (QED) is 0.875. The molecule has 0 aliphatic rings. The first-order valence-electron chi connectivity index (χ1n) is 6.83. The van der Waals surface area contributed by atoms with Crippen LogP contribution in [0, 0.1) is 5.41 Å². The van der Waals surface area contributed by atoms with E-state index in [1.807, 2.05) is 36.4 Å². The molecule has 0 aromatic heterocycles. The lowest BCUT2D eigenvalue weighted by molar-refractivity contribution is -0.152. The molecule has 0 heterocycles. The Morgan fingerprint density at radius 3 is 2.23 bits per heavy atom. The van der Waals surface area contributed by atoms with E-state index in [0.717, 1.165) is 22.1 Å². The summed E-state index contributed by atoms with van der Waals surface area (Å²) in [6.07, 6.45) is 0. The van der Waals surface area contributed by atoms with Crippen molar-refractivity contribution in [2.75, 3.05) is 14.2 Å². The van der Waals surface area contributed by atoms with Crippen molar-refractivity contribution >= 4 is 29.1 Å². The molecule has 120 valence electrons. The second kappa shape index (κ2) is 6.99. The Labute approximate surface area is 137 Å². The van der Waals surface area contributed by atoms with Gasteiger partial charge in [-0.25, -0.2) is 0 Å². The summed E-state index contributed by atoms with van der Waals surface area (Å²) < 4.78 is 10.3. The molecule has 1 atom stereocenters. The molecular formula is C17H22ClNO3. The fourth-order valence-corrected chi connectivity index (χ4v) is 2.52. The molecule has 0 bridgehead atoms. The Morgan fingerprint density at radius 2 is 1.68 bits per heavy atom. The number of ether oxygens (including phenoxy) is 2. The van der Waals surface area contributed by atoms with Gasteiger partial charge in [0.2, 0.25) is 0 Å². The van der Waals surface area contributed by atoms with Gasteiger partial charge in [0.25, 0.3) is 0 Å². The average Bonchev–Trinajstić information content (AvgIpc) is 2.52. The fourth-order valence-electron chi connectivity index (χ4n) is 2.52. The highest BCUT2D eigenvalue weighted by Gasteiger charge is 2.37. The Kier molecular flexibility index (Phi) is 5.80. The predicted molar refractivity (Wildman–Crippen MR) is 90.5 cm³/mol. The number of fused-ring (bicyclic) bond motifs is 1. The summed E-state index contributed by atoms with van der Waals surface area (Å²) in [5.41, 5.74) is 6.46. The van der Waals surface area contributed by atoms with Crippen molar-refractivity contribution in [2.45, 2.75) is 19.9 Å². The van der Waals surface area contributed by atoms with Gasteiger partial charge in [0.05, 0.1) is 19.6 Å². The zero-order valence-corrected chi connectivity index (χ0v) is 14.1. The van der Waals surface area contributed by atoms with Crippen LogP contribution >= 0.6 is 12.4 Å². The maximum Gasteiger partial charge on any atom is 0.313 e. The molecule has 2 N–H and O–H groups in total. The Balaban J connectivity index is 0.00000242. The second-order valence-electron chi connectivity index (χ2n) is 5.59. The SMILES string of the molecule is COC(=O)C(C)(C)[C@@H](N)c1ccc(OC)c2ccccc12.Cl. The average molecular weight is 324 g/mol. The molecule has 0 unspecified atom stereocenters. The third kappa shape index (κ3) is 3.03. The van der Waals surface area contributed by atoms with Crippen LogP contribution in [0.2, 0.25) is 0 Å². The molecule has 2 aromatic carbocycles. The highest BCUT2D eigenvalue weighted by molar-refractivity contribution is 5.92. The summed E-state index contributed by atoms with van der Waals surface area (Å²) >= 11 is 0. The standard InChI is InChI=1S/C17H21NO3.ClH/c1-17(2,16(19)21-4)15(18)13-9-10-14(20-3)12-8-6-5-7-11(12)13;/h5-10,15H,18H2,1-4H3;1H/t15-;/m0./s1. The summed E-state index contributed by atoms with van der Waals surface area (Å²) in [5, 5.41) is 1.97. The summed E-state index contributed by atoms with van der Waals surface area (Å²) in [5.74, 6) is 0.465. The fraction of sp³-hybridized carbons (Fsp3) is 0.353. The normalized spacial score (nSPS) is 12.4. The molecule has 22 heavy (non-hydrogen) atoms. The molecule has 0 fully saturated rings. The lowest BCUT2D eigenvalue weighted by Crippen LogP contribution is -2.37. The summed E-state index contributed by atoms with van der Waals surface area (Å²) in [7, 11) is 3.02. The Morgan fingerprint density at radius 1 is 1.09 bits per heavy atom. The number of carbonyl (C=O) groups excluding carboxylic acids is 1. The Bertz CT molecular complexity index is 670. The lowest BCUT2D eigenvalue weighted by Gasteiger charge is -2.30. The van der Waals surface area contributed by atoms with E-state index in [2.05, 4.69) is 0 Å². The van der Waals surface area contributed by atoms with Gasteiger partial charge in [0, 0.05) is 11.4 Å². The van der Waals surface area contributed by atoms with Gasteiger partial charge in [-0.05, 0) is 30.9 Å². The molecule has 4 nitrogen and oxygen atoms in total. The third-order valence-electron chi connectivity index (χ3n) is 3.96. The number of carbonyl (C=O) groups is 1. The molecule has 2 aromatic rings. The Hall–Kier alpha value is -1.78. The van der Waals surface area contributed by atoms with Gasteiger partial charge >= 0.3 is 5.97 Å². The molecule has 0 amide bonds. The maximum absolute atomic E-state index is 12.0. The molecule has 0 spiro atoms. The van der Waals surface area contributed by atoms with Crippen LogP contribution in [0.5, 0.6) is 5.75 Å². The van der Waals surface area contributed by atoms with Gasteiger partial charge in [-0.1, -0.05) is 30.3 Å².